The van der Waals surface area contributed by atoms with Gasteiger partial charge in [0.15, 0.2) is 0 Å². The van der Waals surface area contributed by atoms with Crippen molar-refractivity contribution in [2.75, 3.05) is 32.5 Å². The van der Waals surface area contributed by atoms with Gasteiger partial charge in [0.05, 0.1) is 10.1 Å². The van der Waals surface area contributed by atoms with Gasteiger partial charge < -0.3 is 15.5 Å². The molecule has 5 aliphatic rings. The summed E-state index contributed by atoms with van der Waals surface area (Å²) in [5, 5.41) is 12.8. The van der Waals surface area contributed by atoms with Gasteiger partial charge in [-0.2, -0.15) is 0 Å². The predicted molar refractivity (Wildman–Crippen MR) is 153 cm³/mol. The Kier molecular flexibility index (Phi) is 6.28. The first kappa shape index (κ1) is 25.0. The fourth-order valence-electron chi connectivity index (χ4n) is 7.07. The van der Waals surface area contributed by atoms with Crippen LogP contribution in [0.4, 0.5) is 5.82 Å². The molecule has 0 radical (unpaired) electrons. The molecule has 2 aliphatic carbocycles. The lowest BCUT2D eigenvalue weighted by Gasteiger charge is -2.46. The molecule has 5 heterocycles. The van der Waals surface area contributed by atoms with Gasteiger partial charge in [-0.25, -0.2) is 4.98 Å². The number of likely N-dealkylation sites (N-methyl/N-ethyl adjacent to an activating group) is 2. The minimum atomic E-state index is 0.163. The highest BCUT2D eigenvalue weighted by Gasteiger charge is 2.50. The van der Waals surface area contributed by atoms with E-state index in [9.17, 15) is 0 Å². The molecule has 2 aromatic heterocycles. The summed E-state index contributed by atoms with van der Waals surface area (Å²) >= 11 is 8.45. The number of likely N-dealkylation sites (tertiary alicyclic amines) is 1. The van der Waals surface area contributed by atoms with Crippen LogP contribution in [0, 0.1) is 5.41 Å². The maximum Gasteiger partial charge on any atom is 0.146 e. The quantitative estimate of drug-likeness (QED) is 0.509. The molecule has 1 spiro atoms. The molecule has 202 valence electrons. The van der Waals surface area contributed by atoms with E-state index in [1.54, 1.807) is 11.8 Å². The minimum absolute atomic E-state index is 0.163. The van der Waals surface area contributed by atoms with E-state index in [2.05, 4.69) is 80.1 Å². The van der Waals surface area contributed by atoms with Crippen LogP contribution in [0.15, 0.2) is 46.8 Å². The molecule has 2 aromatic rings. The van der Waals surface area contributed by atoms with Crippen LogP contribution in [0.1, 0.15) is 49.7 Å². The van der Waals surface area contributed by atoms with Gasteiger partial charge in [-0.3, -0.25) is 20.1 Å². The highest BCUT2D eigenvalue weighted by atomic mass is 35.5. The maximum absolute atomic E-state index is 6.76. The standard InChI is InChI=1S/C28H37ClN8S/c1-17-20-6-10-30-15-18(20)14-28(17)8-12-37(13-9-28)27-34-25-26(36(27)3)35(2)22(16-32-25)38-21-7-11-31-24(23(21)29)33-19-4-5-19/h6-7,10-11,15-17,19,25-27,32,34H,4-5,8-9,12-14H2,1-3H3,(H,31,33). The summed E-state index contributed by atoms with van der Waals surface area (Å²) in [5.41, 5.74) is 3.35. The normalized spacial score (nSPS) is 30.6. The van der Waals surface area contributed by atoms with Crippen LogP contribution in [0.3, 0.4) is 0 Å². The second-order valence-electron chi connectivity index (χ2n) is 11.7. The van der Waals surface area contributed by atoms with Gasteiger partial charge in [-0.1, -0.05) is 30.3 Å². The molecule has 4 atom stereocenters. The number of anilines is 1. The number of hydrogen-bond acceptors (Lipinski definition) is 9. The van der Waals surface area contributed by atoms with Crippen LogP contribution < -0.4 is 16.0 Å². The summed E-state index contributed by atoms with van der Waals surface area (Å²) in [4.78, 5) is 17.4. The van der Waals surface area contributed by atoms with Crippen molar-refractivity contribution in [3.63, 3.8) is 0 Å². The largest absolute Gasteiger partial charge is 0.371 e. The molecular formula is C28H37ClN8S. The number of hydrogen-bond donors (Lipinski definition) is 3. The molecule has 2 saturated heterocycles. The second kappa shape index (κ2) is 9.55. The zero-order valence-corrected chi connectivity index (χ0v) is 23.9. The molecule has 8 nitrogen and oxygen atoms in total. The number of pyridine rings is 2. The average Bonchev–Trinajstić information content (AvgIpc) is 3.62. The number of aromatic nitrogens is 2. The van der Waals surface area contributed by atoms with Crippen LogP contribution in [-0.4, -0.2) is 76.5 Å². The van der Waals surface area contributed by atoms with E-state index < -0.39 is 0 Å². The molecule has 38 heavy (non-hydrogen) atoms. The highest BCUT2D eigenvalue weighted by Crippen LogP contribution is 2.53. The van der Waals surface area contributed by atoms with Crippen molar-refractivity contribution in [2.24, 2.45) is 5.41 Å². The number of halogens is 1. The zero-order valence-electron chi connectivity index (χ0n) is 22.3. The number of thioether (sulfide) groups is 1. The molecule has 1 saturated carbocycles. The number of nitrogens with one attached hydrogen (secondary N) is 3. The Bertz CT molecular complexity index is 1240. The summed E-state index contributed by atoms with van der Waals surface area (Å²) < 4.78 is 0. The van der Waals surface area contributed by atoms with Crippen LogP contribution in [-0.2, 0) is 6.42 Å². The van der Waals surface area contributed by atoms with Gasteiger partial charge in [0.1, 0.15) is 24.4 Å². The summed E-state index contributed by atoms with van der Waals surface area (Å²) in [7, 11) is 4.43. The Labute approximate surface area is 234 Å². The molecule has 0 aromatic carbocycles. The topological polar surface area (TPSA) is 71.6 Å². The third-order valence-corrected chi connectivity index (χ3v) is 11.2. The number of rotatable bonds is 5. The van der Waals surface area contributed by atoms with Crippen LogP contribution in [0.25, 0.3) is 0 Å². The summed E-state index contributed by atoms with van der Waals surface area (Å²) in [6.45, 7) is 4.64. The van der Waals surface area contributed by atoms with Crippen LogP contribution in [0.5, 0.6) is 0 Å². The van der Waals surface area contributed by atoms with E-state index in [1.807, 2.05) is 18.5 Å². The van der Waals surface area contributed by atoms with Gasteiger partial charge in [0.25, 0.3) is 0 Å². The zero-order chi connectivity index (χ0) is 26.0. The summed E-state index contributed by atoms with van der Waals surface area (Å²) in [5.74, 6) is 1.40. The van der Waals surface area contributed by atoms with E-state index in [0.717, 1.165) is 28.8 Å². The fourth-order valence-corrected chi connectivity index (χ4v) is 8.27. The van der Waals surface area contributed by atoms with Gasteiger partial charge in [0, 0.05) is 55.9 Å². The van der Waals surface area contributed by atoms with E-state index in [0.29, 0.717) is 22.4 Å². The van der Waals surface area contributed by atoms with Gasteiger partial charge in [0.2, 0.25) is 0 Å². The van der Waals surface area contributed by atoms with E-state index in [4.69, 9.17) is 11.6 Å². The molecular weight excluding hydrogens is 516 g/mol. The Morgan fingerprint density at radius 3 is 2.74 bits per heavy atom. The van der Waals surface area contributed by atoms with E-state index in [1.165, 1.54) is 43.2 Å². The van der Waals surface area contributed by atoms with Crippen molar-refractivity contribution in [1.29, 1.82) is 0 Å². The lowest BCUT2D eigenvalue weighted by atomic mass is 9.70. The molecule has 0 amide bonds. The van der Waals surface area contributed by atoms with Gasteiger partial charge in [-0.15, -0.1) is 0 Å². The predicted octanol–water partition coefficient (Wildman–Crippen LogP) is 4.04. The SMILES string of the molecule is CC1c2ccncc2CC12CCN(C1NC3NC=C(Sc4ccnc(NC5CC5)c4Cl)N(C)C3N1C)CC2. The lowest BCUT2D eigenvalue weighted by molar-refractivity contribution is -0.0120. The molecule has 10 heteroatoms. The molecule has 3 aliphatic heterocycles. The van der Waals surface area contributed by atoms with Crippen molar-refractivity contribution < 1.29 is 0 Å². The van der Waals surface area contributed by atoms with E-state index >= 15 is 0 Å². The molecule has 7 rings (SSSR count). The Hall–Kier alpha value is -2.04. The summed E-state index contributed by atoms with van der Waals surface area (Å²) in [6, 6.07) is 4.77. The molecule has 3 N–H and O–H groups in total. The molecule has 0 bridgehead atoms. The average molecular weight is 553 g/mol. The van der Waals surface area contributed by atoms with Gasteiger partial charge >= 0.3 is 0 Å². The first-order chi connectivity index (χ1) is 18.4. The lowest BCUT2D eigenvalue weighted by Crippen LogP contribution is -2.56. The van der Waals surface area contributed by atoms with Crippen LogP contribution >= 0.6 is 23.4 Å². The molecule has 3 fully saturated rings. The van der Waals surface area contributed by atoms with Crippen molar-refractivity contribution in [3.05, 3.63) is 58.1 Å². The second-order valence-corrected chi connectivity index (χ2v) is 13.2. The number of fused-ring (bicyclic) bond motifs is 2. The third-order valence-electron chi connectivity index (χ3n) is 9.56. The summed E-state index contributed by atoms with van der Waals surface area (Å²) in [6.07, 6.45) is 14.6. The molecule has 4 unspecified atom stereocenters. The van der Waals surface area contributed by atoms with Gasteiger partial charge in [-0.05, 0) is 73.7 Å². The number of nitrogens with zero attached hydrogens (tertiary/aromatic N) is 5. The Morgan fingerprint density at radius 1 is 1.16 bits per heavy atom. The number of piperidine rings is 1. The highest BCUT2D eigenvalue weighted by molar-refractivity contribution is 8.03. The Balaban J connectivity index is 1.01. The smallest absolute Gasteiger partial charge is 0.146 e. The first-order valence-electron chi connectivity index (χ1n) is 13.9. The van der Waals surface area contributed by atoms with Crippen molar-refractivity contribution >= 4 is 29.2 Å². The van der Waals surface area contributed by atoms with Crippen LogP contribution in [0.2, 0.25) is 5.02 Å². The fraction of sp³-hybridized carbons (Fsp3) is 0.571. The van der Waals surface area contributed by atoms with Crippen molar-refractivity contribution in [2.45, 2.75) is 74.5 Å². The Morgan fingerprint density at radius 2 is 1.97 bits per heavy atom. The third kappa shape index (κ3) is 4.18. The van der Waals surface area contributed by atoms with Crippen molar-refractivity contribution in [1.82, 2.24) is 35.3 Å². The maximum atomic E-state index is 6.76. The first-order valence-corrected chi connectivity index (χ1v) is 15.1. The van der Waals surface area contributed by atoms with Crippen molar-refractivity contribution in [3.8, 4) is 0 Å². The monoisotopic (exact) mass is 552 g/mol. The van der Waals surface area contributed by atoms with E-state index in [-0.39, 0.29) is 18.6 Å². The minimum Gasteiger partial charge on any atom is -0.371 e.